The van der Waals surface area contributed by atoms with E-state index in [0.29, 0.717) is 0 Å². The second-order valence-corrected chi connectivity index (χ2v) is 5.00. The summed E-state index contributed by atoms with van der Waals surface area (Å²) < 4.78 is 0.849. The van der Waals surface area contributed by atoms with Crippen LogP contribution in [0.15, 0.2) is 35.2 Å². The Morgan fingerprint density at radius 3 is 2.60 bits per heavy atom. The van der Waals surface area contributed by atoms with Gasteiger partial charge >= 0.3 is 0 Å². The van der Waals surface area contributed by atoms with Crippen LogP contribution in [0.1, 0.15) is 0 Å². The van der Waals surface area contributed by atoms with Crippen molar-refractivity contribution < 1.29 is 0 Å². The molecule has 0 saturated carbocycles. The first kappa shape index (κ1) is 6.62. The van der Waals surface area contributed by atoms with Crippen molar-refractivity contribution in [2.45, 2.75) is 9.48 Å². The Bertz CT molecular complexity index is 204. The molecular weight excluding hydrogens is 160 g/mol. The second kappa shape index (κ2) is 2.89. The molecule has 2 heteroatoms. The van der Waals surface area contributed by atoms with Crippen molar-refractivity contribution in [3.8, 4) is 0 Å². The molecule has 1 unspecified atom stereocenters. The van der Waals surface area contributed by atoms with Gasteiger partial charge in [-0.15, -0.1) is 23.5 Å². The van der Waals surface area contributed by atoms with E-state index >= 15 is 0 Å². The lowest BCUT2D eigenvalue weighted by Crippen LogP contribution is -1.72. The molecule has 0 radical (unpaired) electrons. The largest absolute Gasteiger partial charge is 0.144 e. The molecule has 0 nitrogen and oxygen atoms in total. The van der Waals surface area contributed by atoms with E-state index in [1.54, 1.807) is 0 Å². The average Bonchev–Trinajstić information content (AvgIpc) is 2.74. The normalized spacial score (nSPS) is 22.6. The fourth-order valence-electron chi connectivity index (χ4n) is 0.758. The molecule has 0 bridgehead atoms. The minimum absolute atomic E-state index is 0.849. The standard InChI is InChI=1S/C8H8S2/c1-2-4-7(5-3-1)10-8-6-9-8/h1-5,8H,6H2. The summed E-state index contributed by atoms with van der Waals surface area (Å²) in [7, 11) is 0. The molecule has 0 N–H and O–H groups in total. The van der Waals surface area contributed by atoms with Gasteiger partial charge in [-0.1, -0.05) is 18.2 Å². The number of thioether (sulfide) groups is 2. The Hall–Kier alpha value is -0.0800. The molecule has 1 saturated heterocycles. The molecule has 1 atom stereocenters. The molecule has 1 aromatic carbocycles. The van der Waals surface area contributed by atoms with Crippen LogP contribution >= 0.6 is 23.5 Å². The number of hydrogen-bond acceptors (Lipinski definition) is 2. The van der Waals surface area contributed by atoms with Crippen LogP contribution in [0.3, 0.4) is 0 Å². The van der Waals surface area contributed by atoms with Crippen LogP contribution in [0.25, 0.3) is 0 Å². The minimum atomic E-state index is 0.849. The fraction of sp³-hybridized carbons (Fsp3) is 0.250. The Balaban J connectivity index is 2.03. The monoisotopic (exact) mass is 168 g/mol. The summed E-state index contributed by atoms with van der Waals surface area (Å²) in [6.07, 6.45) is 0. The summed E-state index contributed by atoms with van der Waals surface area (Å²) in [5, 5.41) is 0. The molecule has 1 aliphatic heterocycles. The van der Waals surface area contributed by atoms with Gasteiger partial charge in [0.2, 0.25) is 0 Å². The molecule has 1 heterocycles. The summed E-state index contributed by atoms with van der Waals surface area (Å²) in [4.78, 5) is 1.40. The van der Waals surface area contributed by atoms with Gasteiger partial charge in [0.1, 0.15) is 0 Å². The van der Waals surface area contributed by atoms with E-state index in [1.807, 2.05) is 23.5 Å². The molecule has 0 aliphatic carbocycles. The third-order valence-corrected chi connectivity index (χ3v) is 3.83. The zero-order chi connectivity index (χ0) is 6.81. The van der Waals surface area contributed by atoms with Crippen LogP contribution < -0.4 is 0 Å². The topological polar surface area (TPSA) is 0 Å². The highest BCUT2D eigenvalue weighted by Crippen LogP contribution is 2.43. The molecule has 10 heavy (non-hydrogen) atoms. The highest BCUT2D eigenvalue weighted by Gasteiger charge is 2.22. The van der Waals surface area contributed by atoms with Crippen molar-refractivity contribution in [3.05, 3.63) is 30.3 Å². The first-order valence-corrected chi connectivity index (χ1v) is 5.21. The molecule has 2 rings (SSSR count). The van der Waals surface area contributed by atoms with Crippen molar-refractivity contribution in [2.75, 3.05) is 5.75 Å². The summed E-state index contributed by atoms with van der Waals surface area (Å²) in [5.74, 6) is 1.33. The van der Waals surface area contributed by atoms with Gasteiger partial charge in [-0.3, -0.25) is 0 Å². The van der Waals surface area contributed by atoms with Gasteiger partial charge in [-0.25, -0.2) is 0 Å². The Kier molecular flexibility index (Phi) is 1.91. The third-order valence-electron chi connectivity index (χ3n) is 1.31. The van der Waals surface area contributed by atoms with E-state index < -0.39 is 0 Å². The van der Waals surface area contributed by atoms with Gasteiger partial charge in [-0.2, -0.15) is 0 Å². The highest BCUT2D eigenvalue weighted by molar-refractivity contribution is 8.23. The van der Waals surface area contributed by atoms with E-state index in [2.05, 4.69) is 30.3 Å². The summed E-state index contributed by atoms with van der Waals surface area (Å²) >= 11 is 4.00. The Morgan fingerprint density at radius 2 is 2.00 bits per heavy atom. The molecule has 1 aliphatic rings. The number of benzene rings is 1. The van der Waals surface area contributed by atoms with Crippen LogP contribution in [0.4, 0.5) is 0 Å². The summed E-state index contributed by atoms with van der Waals surface area (Å²) in [6, 6.07) is 10.6. The number of hydrogen-bond donors (Lipinski definition) is 0. The maximum atomic E-state index is 2.17. The van der Waals surface area contributed by atoms with Gasteiger partial charge in [0, 0.05) is 10.6 Å². The van der Waals surface area contributed by atoms with Crippen LogP contribution in [0, 0.1) is 0 Å². The van der Waals surface area contributed by atoms with E-state index in [-0.39, 0.29) is 0 Å². The van der Waals surface area contributed by atoms with Crippen molar-refractivity contribution in [2.24, 2.45) is 0 Å². The quantitative estimate of drug-likeness (QED) is 0.623. The van der Waals surface area contributed by atoms with E-state index in [9.17, 15) is 0 Å². The van der Waals surface area contributed by atoms with E-state index in [0.717, 1.165) is 4.58 Å². The predicted octanol–water partition coefficient (Wildman–Crippen LogP) is 2.85. The molecule has 1 aromatic rings. The highest BCUT2D eigenvalue weighted by atomic mass is 32.2. The van der Waals surface area contributed by atoms with Crippen LogP contribution in [0.2, 0.25) is 0 Å². The number of rotatable bonds is 2. The third kappa shape index (κ3) is 1.70. The fourth-order valence-corrected chi connectivity index (χ4v) is 2.57. The maximum Gasteiger partial charge on any atom is 0.0641 e. The van der Waals surface area contributed by atoms with Crippen LogP contribution in [0.5, 0.6) is 0 Å². The summed E-state index contributed by atoms with van der Waals surface area (Å²) in [5.41, 5.74) is 0. The lowest BCUT2D eigenvalue weighted by molar-refractivity contribution is 1.45. The SMILES string of the molecule is c1ccc(SC2CS2)cc1. The molecule has 1 fully saturated rings. The lowest BCUT2D eigenvalue weighted by atomic mass is 10.4. The first-order valence-electron chi connectivity index (χ1n) is 3.28. The van der Waals surface area contributed by atoms with Crippen molar-refractivity contribution in [1.29, 1.82) is 0 Å². The molecule has 52 valence electrons. The predicted molar refractivity (Wildman–Crippen MR) is 48.5 cm³/mol. The van der Waals surface area contributed by atoms with Crippen molar-refractivity contribution >= 4 is 23.5 Å². The lowest BCUT2D eigenvalue weighted by Gasteiger charge is -1.94. The Labute approximate surface area is 69.4 Å². The van der Waals surface area contributed by atoms with Crippen LogP contribution in [-0.4, -0.2) is 10.3 Å². The van der Waals surface area contributed by atoms with Gasteiger partial charge in [0.05, 0.1) is 4.58 Å². The van der Waals surface area contributed by atoms with Crippen LogP contribution in [-0.2, 0) is 0 Å². The van der Waals surface area contributed by atoms with Crippen molar-refractivity contribution in [1.82, 2.24) is 0 Å². The first-order chi connectivity index (χ1) is 4.95. The van der Waals surface area contributed by atoms with Gasteiger partial charge in [0.25, 0.3) is 0 Å². The minimum Gasteiger partial charge on any atom is -0.144 e. The zero-order valence-electron chi connectivity index (χ0n) is 5.49. The molecule has 0 aromatic heterocycles. The molecule has 0 amide bonds. The molecule has 0 spiro atoms. The van der Waals surface area contributed by atoms with Gasteiger partial charge in [0.15, 0.2) is 0 Å². The Morgan fingerprint density at radius 1 is 1.30 bits per heavy atom. The second-order valence-electron chi connectivity index (χ2n) is 2.19. The summed E-state index contributed by atoms with van der Waals surface area (Å²) in [6.45, 7) is 0. The van der Waals surface area contributed by atoms with Gasteiger partial charge in [-0.05, 0) is 12.1 Å². The van der Waals surface area contributed by atoms with Gasteiger partial charge < -0.3 is 0 Å². The zero-order valence-corrected chi connectivity index (χ0v) is 7.12. The average molecular weight is 168 g/mol. The van der Waals surface area contributed by atoms with E-state index in [4.69, 9.17) is 0 Å². The molecular formula is C8H8S2. The maximum absolute atomic E-state index is 2.17. The smallest absolute Gasteiger partial charge is 0.0641 e. The van der Waals surface area contributed by atoms with Crippen molar-refractivity contribution in [3.63, 3.8) is 0 Å². The van der Waals surface area contributed by atoms with E-state index in [1.165, 1.54) is 10.6 Å².